The van der Waals surface area contributed by atoms with Crippen LogP contribution in [0.4, 0.5) is 0 Å². The second-order valence-electron chi connectivity index (χ2n) is 6.55. The van der Waals surface area contributed by atoms with Gasteiger partial charge < -0.3 is 10.1 Å². The second kappa shape index (κ2) is 7.38. The molecule has 1 aliphatic rings. The average molecular weight is 241 g/mol. The molecule has 2 unspecified atom stereocenters. The third-order valence-electron chi connectivity index (χ3n) is 3.59. The van der Waals surface area contributed by atoms with Crippen LogP contribution < -0.4 is 5.32 Å². The van der Waals surface area contributed by atoms with Crippen molar-refractivity contribution < 1.29 is 4.74 Å². The first-order valence-corrected chi connectivity index (χ1v) is 7.36. The Morgan fingerprint density at radius 1 is 1.12 bits per heavy atom. The molecule has 1 aliphatic carbocycles. The van der Waals surface area contributed by atoms with Gasteiger partial charge in [0.15, 0.2) is 0 Å². The fraction of sp³-hybridized carbons (Fsp3) is 1.00. The first kappa shape index (κ1) is 15.0. The molecular formula is C15H31NO. The molecule has 0 spiro atoms. The summed E-state index contributed by atoms with van der Waals surface area (Å²) in [5.41, 5.74) is 0.249. The van der Waals surface area contributed by atoms with Crippen molar-refractivity contribution in [1.29, 1.82) is 0 Å². The maximum Gasteiger partial charge on any atom is 0.0600 e. The molecule has 2 nitrogen and oxygen atoms in total. The van der Waals surface area contributed by atoms with Gasteiger partial charge in [-0.2, -0.15) is 0 Å². The van der Waals surface area contributed by atoms with Crippen LogP contribution in [-0.4, -0.2) is 24.8 Å². The minimum Gasteiger partial charge on any atom is -0.378 e. The van der Waals surface area contributed by atoms with E-state index in [1.165, 1.54) is 38.5 Å². The second-order valence-corrected chi connectivity index (χ2v) is 6.55. The summed E-state index contributed by atoms with van der Waals surface area (Å²) < 4.78 is 6.00. The maximum absolute atomic E-state index is 6.00. The van der Waals surface area contributed by atoms with E-state index >= 15 is 0 Å². The quantitative estimate of drug-likeness (QED) is 0.715. The van der Waals surface area contributed by atoms with Gasteiger partial charge in [0.2, 0.25) is 0 Å². The lowest BCUT2D eigenvalue weighted by Gasteiger charge is -2.28. The largest absolute Gasteiger partial charge is 0.378 e. The zero-order valence-corrected chi connectivity index (χ0v) is 12.2. The van der Waals surface area contributed by atoms with E-state index in [4.69, 9.17) is 4.74 Å². The van der Waals surface area contributed by atoms with Gasteiger partial charge in [0.05, 0.1) is 6.10 Å². The fourth-order valence-corrected chi connectivity index (χ4v) is 2.46. The molecule has 0 saturated heterocycles. The molecule has 0 aromatic carbocycles. The van der Waals surface area contributed by atoms with E-state index in [1.807, 2.05) is 0 Å². The predicted molar refractivity (Wildman–Crippen MR) is 74.4 cm³/mol. The van der Waals surface area contributed by atoms with Gasteiger partial charge in [-0.3, -0.25) is 0 Å². The number of nitrogens with one attached hydrogen (secondary N) is 1. The molecule has 0 aromatic rings. The van der Waals surface area contributed by atoms with E-state index in [2.05, 4.69) is 33.0 Å². The number of hydrogen-bond acceptors (Lipinski definition) is 2. The molecular weight excluding hydrogens is 210 g/mol. The van der Waals surface area contributed by atoms with E-state index in [-0.39, 0.29) is 5.54 Å². The predicted octanol–water partition coefficient (Wildman–Crippen LogP) is 3.75. The van der Waals surface area contributed by atoms with Gasteiger partial charge >= 0.3 is 0 Å². The van der Waals surface area contributed by atoms with E-state index in [9.17, 15) is 0 Å². The lowest BCUT2D eigenvalue weighted by molar-refractivity contribution is -0.00645. The van der Waals surface area contributed by atoms with Crippen LogP contribution >= 0.6 is 0 Å². The fourth-order valence-electron chi connectivity index (χ4n) is 2.46. The highest BCUT2D eigenvalue weighted by Gasteiger charge is 2.21. The standard InChI is InChI=1S/C15H31NO/c1-13-9-5-6-10-14(13)17-12-8-7-11-16-15(2,3)4/h13-14,16H,5-12H2,1-4H3. The highest BCUT2D eigenvalue weighted by atomic mass is 16.5. The lowest BCUT2D eigenvalue weighted by Crippen LogP contribution is -2.36. The molecule has 1 rings (SSSR count). The highest BCUT2D eigenvalue weighted by Crippen LogP contribution is 2.26. The van der Waals surface area contributed by atoms with Crippen LogP contribution in [0.5, 0.6) is 0 Å². The van der Waals surface area contributed by atoms with Gasteiger partial charge in [-0.25, -0.2) is 0 Å². The van der Waals surface area contributed by atoms with E-state index in [0.29, 0.717) is 6.10 Å². The lowest BCUT2D eigenvalue weighted by atomic mass is 9.88. The Morgan fingerprint density at radius 2 is 1.82 bits per heavy atom. The summed E-state index contributed by atoms with van der Waals surface area (Å²) >= 11 is 0. The summed E-state index contributed by atoms with van der Waals surface area (Å²) in [4.78, 5) is 0. The van der Waals surface area contributed by atoms with E-state index in [0.717, 1.165) is 19.1 Å². The summed E-state index contributed by atoms with van der Waals surface area (Å²) in [6.45, 7) is 11.0. The van der Waals surface area contributed by atoms with E-state index in [1.54, 1.807) is 0 Å². The Labute approximate surface area is 108 Å². The molecule has 2 atom stereocenters. The molecule has 17 heavy (non-hydrogen) atoms. The van der Waals surface area contributed by atoms with Crippen molar-refractivity contribution in [3.05, 3.63) is 0 Å². The molecule has 1 N–H and O–H groups in total. The van der Waals surface area contributed by atoms with Crippen LogP contribution in [0.25, 0.3) is 0 Å². The van der Waals surface area contributed by atoms with Crippen molar-refractivity contribution in [1.82, 2.24) is 5.32 Å². The maximum atomic E-state index is 6.00. The zero-order valence-electron chi connectivity index (χ0n) is 12.2. The summed E-state index contributed by atoms with van der Waals surface area (Å²) in [5, 5.41) is 3.51. The van der Waals surface area contributed by atoms with Crippen LogP contribution in [0, 0.1) is 5.92 Å². The van der Waals surface area contributed by atoms with Gasteiger partial charge in [0.1, 0.15) is 0 Å². The number of hydrogen-bond donors (Lipinski definition) is 1. The molecule has 1 fully saturated rings. The molecule has 2 heteroatoms. The van der Waals surface area contributed by atoms with Crippen molar-refractivity contribution in [2.45, 2.75) is 77.9 Å². The van der Waals surface area contributed by atoms with Crippen LogP contribution in [0.1, 0.15) is 66.2 Å². The van der Waals surface area contributed by atoms with Crippen molar-refractivity contribution in [3.8, 4) is 0 Å². The van der Waals surface area contributed by atoms with Crippen LogP contribution in [0.2, 0.25) is 0 Å². The van der Waals surface area contributed by atoms with E-state index < -0.39 is 0 Å². The third-order valence-corrected chi connectivity index (χ3v) is 3.59. The Morgan fingerprint density at radius 3 is 2.47 bits per heavy atom. The highest BCUT2D eigenvalue weighted by molar-refractivity contribution is 4.72. The molecule has 102 valence electrons. The average Bonchev–Trinajstić information content (AvgIpc) is 2.24. The molecule has 0 bridgehead atoms. The molecule has 0 aromatic heterocycles. The summed E-state index contributed by atoms with van der Waals surface area (Å²) in [5.74, 6) is 0.774. The van der Waals surface area contributed by atoms with Gasteiger partial charge in [0.25, 0.3) is 0 Å². The first-order valence-electron chi connectivity index (χ1n) is 7.36. The molecule has 1 saturated carbocycles. The topological polar surface area (TPSA) is 21.3 Å². The minimum atomic E-state index is 0.249. The van der Waals surface area contributed by atoms with Crippen LogP contribution in [-0.2, 0) is 4.74 Å². The van der Waals surface area contributed by atoms with Crippen molar-refractivity contribution in [3.63, 3.8) is 0 Å². The Balaban J connectivity index is 1.96. The molecule has 0 heterocycles. The van der Waals surface area contributed by atoms with Crippen LogP contribution in [0.15, 0.2) is 0 Å². The van der Waals surface area contributed by atoms with Gasteiger partial charge in [-0.1, -0.05) is 19.8 Å². The monoisotopic (exact) mass is 241 g/mol. The number of rotatable bonds is 6. The van der Waals surface area contributed by atoms with Crippen molar-refractivity contribution in [2.24, 2.45) is 5.92 Å². The Kier molecular flexibility index (Phi) is 6.50. The summed E-state index contributed by atoms with van der Waals surface area (Å²) in [6.07, 6.45) is 8.35. The van der Waals surface area contributed by atoms with Gasteiger partial charge in [0, 0.05) is 12.1 Å². The Hall–Kier alpha value is -0.0800. The molecule has 0 radical (unpaired) electrons. The third kappa shape index (κ3) is 7.05. The van der Waals surface area contributed by atoms with Gasteiger partial charge in [-0.15, -0.1) is 0 Å². The smallest absolute Gasteiger partial charge is 0.0600 e. The van der Waals surface area contributed by atoms with Crippen molar-refractivity contribution in [2.75, 3.05) is 13.2 Å². The van der Waals surface area contributed by atoms with Crippen LogP contribution in [0.3, 0.4) is 0 Å². The Bertz CT molecular complexity index is 198. The number of unbranched alkanes of at least 4 members (excludes halogenated alkanes) is 1. The molecule has 0 amide bonds. The normalized spacial score (nSPS) is 26.1. The SMILES string of the molecule is CC1CCCCC1OCCCCNC(C)(C)C. The van der Waals surface area contributed by atoms with Crippen molar-refractivity contribution >= 4 is 0 Å². The summed E-state index contributed by atoms with van der Waals surface area (Å²) in [6, 6.07) is 0. The van der Waals surface area contributed by atoms with Gasteiger partial charge in [-0.05, 0) is 58.9 Å². The minimum absolute atomic E-state index is 0.249. The summed E-state index contributed by atoms with van der Waals surface area (Å²) in [7, 11) is 0. The first-order chi connectivity index (χ1) is 7.99. The zero-order chi connectivity index (χ0) is 12.7. The number of ether oxygens (including phenoxy) is 1. The molecule has 0 aliphatic heterocycles.